The summed E-state index contributed by atoms with van der Waals surface area (Å²) in [5, 5.41) is 3.65. The highest BCUT2D eigenvalue weighted by atomic mass is 32.2. The fourth-order valence-electron chi connectivity index (χ4n) is 2.16. The summed E-state index contributed by atoms with van der Waals surface area (Å²) in [6.45, 7) is 7.24. The van der Waals surface area contributed by atoms with Crippen molar-refractivity contribution < 1.29 is 31.8 Å². The van der Waals surface area contributed by atoms with Crippen LogP contribution in [0, 0.1) is 6.92 Å². The Morgan fingerprint density at radius 3 is 2.24 bits per heavy atom. The molecule has 0 saturated carbocycles. The molecular formula is C20H27NO7S. The van der Waals surface area contributed by atoms with Crippen LogP contribution in [-0.4, -0.2) is 39.3 Å². The van der Waals surface area contributed by atoms with Crippen molar-refractivity contribution in [3.63, 3.8) is 0 Å². The van der Waals surface area contributed by atoms with E-state index in [9.17, 15) is 18.0 Å². The highest BCUT2D eigenvalue weighted by Crippen LogP contribution is 2.15. The zero-order valence-electron chi connectivity index (χ0n) is 17.1. The maximum absolute atomic E-state index is 12.2. The summed E-state index contributed by atoms with van der Waals surface area (Å²) in [4.78, 5) is 23.6. The summed E-state index contributed by atoms with van der Waals surface area (Å²) in [5.41, 5.74) is 1.58. The number of carbonyl (C=O) groups is 2. The number of oxime groups is 1. The van der Waals surface area contributed by atoms with E-state index < -0.39 is 22.1 Å². The van der Waals surface area contributed by atoms with Crippen molar-refractivity contribution in [1.29, 1.82) is 0 Å². The van der Waals surface area contributed by atoms with Crippen LogP contribution >= 0.6 is 0 Å². The van der Waals surface area contributed by atoms with Gasteiger partial charge in [-0.25, -0.2) is 4.79 Å². The average molecular weight is 426 g/mol. The van der Waals surface area contributed by atoms with Crippen LogP contribution in [-0.2, 0) is 33.5 Å². The van der Waals surface area contributed by atoms with Gasteiger partial charge in [0.25, 0.3) is 0 Å². The molecule has 0 radical (unpaired) electrons. The Hall–Kier alpha value is -2.68. The van der Waals surface area contributed by atoms with Crippen molar-refractivity contribution in [3.05, 3.63) is 41.5 Å². The number of benzene rings is 1. The second kappa shape index (κ2) is 12.0. The first kappa shape index (κ1) is 24.4. The van der Waals surface area contributed by atoms with Crippen molar-refractivity contribution in [1.82, 2.24) is 0 Å². The molecule has 1 aromatic rings. The lowest BCUT2D eigenvalue weighted by atomic mass is 10.1. The van der Waals surface area contributed by atoms with Gasteiger partial charge in [-0.15, -0.1) is 0 Å². The molecule has 0 unspecified atom stereocenters. The van der Waals surface area contributed by atoms with E-state index in [1.54, 1.807) is 32.9 Å². The molecule has 8 nitrogen and oxygen atoms in total. The molecule has 0 atom stereocenters. The second-order valence-corrected chi connectivity index (χ2v) is 7.66. The highest BCUT2D eigenvalue weighted by Gasteiger charge is 2.16. The van der Waals surface area contributed by atoms with Crippen LogP contribution in [0.2, 0.25) is 0 Å². The van der Waals surface area contributed by atoms with E-state index in [1.165, 1.54) is 18.2 Å². The number of hydrogen-bond acceptors (Lipinski definition) is 8. The van der Waals surface area contributed by atoms with Gasteiger partial charge in [-0.1, -0.05) is 28.9 Å². The van der Waals surface area contributed by atoms with Crippen LogP contribution in [0.25, 0.3) is 0 Å². The van der Waals surface area contributed by atoms with Crippen LogP contribution < -0.4 is 0 Å². The lowest BCUT2D eigenvalue weighted by Gasteiger charge is -2.08. The number of esters is 2. The first-order chi connectivity index (χ1) is 13.7. The fraction of sp³-hybridized carbons (Fsp3) is 0.450. The Balaban J connectivity index is 2.76. The highest BCUT2D eigenvalue weighted by molar-refractivity contribution is 7.86. The molecule has 29 heavy (non-hydrogen) atoms. The molecule has 0 aliphatic heterocycles. The third-order valence-electron chi connectivity index (χ3n) is 3.72. The summed E-state index contributed by atoms with van der Waals surface area (Å²) in [6.07, 6.45) is 1.85. The molecule has 0 heterocycles. The van der Waals surface area contributed by atoms with Crippen LogP contribution in [0.1, 0.15) is 45.6 Å². The van der Waals surface area contributed by atoms with Crippen molar-refractivity contribution >= 4 is 27.8 Å². The number of carbonyl (C=O) groups excluding carboxylic acids is 2. The van der Waals surface area contributed by atoms with Gasteiger partial charge in [-0.3, -0.25) is 9.08 Å². The summed E-state index contributed by atoms with van der Waals surface area (Å²) < 4.78 is 38.9. The molecule has 0 amide bonds. The molecule has 1 rings (SSSR count). The van der Waals surface area contributed by atoms with Gasteiger partial charge < -0.3 is 9.47 Å². The normalized spacial score (nSPS) is 12.4. The molecule has 1 aromatic carbocycles. The predicted molar refractivity (Wildman–Crippen MR) is 108 cm³/mol. The van der Waals surface area contributed by atoms with Crippen molar-refractivity contribution in [2.45, 2.75) is 51.9 Å². The first-order valence-corrected chi connectivity index (χ1v) is 10.7. The molecular weight excluding hydrogens is 398 g/mol. The number of hydrogen-bond donors (Lipinski definition) is 0. The molecule has 0 aliphatic carbocycles. The maximum Gasteiger partial charge on any atom is 0.358 e. The Kier molecular flexibility index (Phi) is 10.1. The van der Waals surface area contributed by atoms with Gasteiger partial charge >= 0.3 is 22.1 Å². The lowest BCUT2D eigenvalue weighted by Crippen LogP contribution is -2.11. The lowest BCUT2D eigenvalue weighted by molar-refractivity contribution is -0.142. The fourth-order valence-corrected chi connectivity index (χ4v) is 2.94. The predicted octanol–water partition coefficient (Wildman–Crippen LogP) is 3.30. The average Bonchev–Trinajstić information content (AvgIpc) is 2.67. The van der Waals surface area contributed by atoms with E-state index in [-0.39, 0.29) is 42.9 Å². The quantitative estimate of drug-likeness (QED) is 0.232. The van der Waals surface area contributed by atoms with Crippen LogP contribution in [0.4, 0.5) is 0 Å². The Labute approximate surface area is 171 Å². The van der Waals surface area contributed by atoms with Gasteiger partial charge in [0.1, 0.15) is 4.90 Å². The molecule has 0 aliphatic rings. The number of ether oxygens (including phenoxy) is 2. The molecule has 0 N–H and O–H groups in total. The summed E-state index contributed by atoms with van der Waals surface area (Å²) in [6, 6.07) is 6.19. The van der Waals surface area contributed by atoms with Crippen molar-refractivity contribution in [2.24, 2.45) is 5.16 Å². The third-order valence-corrected chi connectivity index (χ3v) is 4.84. The van der Waals surface area contributed by atoms with Gasteiger partial charge in [0.2, 0.25) is 0 Å². The summed E-state index contributed by atoms with van der Waals surface area (Å²) >= 11 is 0. The second-order valence-electron chi connectivity index (χ2n) is 6.13. The van der Waals surface area contributed by atoms with E-state index in [1.807, 2.05) is 6.92 Å². The zero-order chi connectivity index (χ0) is 21.9. The number of nitrogens with zero attached hydrogens (tertiary/aromatic N) is 1. The van der Waals surface area contributed by atoms with Crippen LogP contribution in [0.5, 0.6) is 0 Å². The van der Waals surface area contributed by atoms with E-state index in [0.29, 0.717) is 5.71 Å². The zero-order valence-corrected chi connectivity index (χ0v) is 18.0. The number of aryl methyl sites for hydroxylation is 1. The monoisotopic (exact) mass is 425 g/mol. The standard InChI is InChI=1S/C20H27NO7S/c1-5-26-19(22)14-11-17(20(23)27-6-2)10-9-16(4)21-28-29(24,25)18-12-7-15(3)8-13-18/h7-8,11-13H,5-6,9-10,14H2,1-4H3/b17-11-,21-16+. The molecule has 0 saturated heterocycles. The van der Waals surface area contributed by atoms with Gasteiger partial charge in [-0.2, -0.15) is 8.42 Å². The van der Waals surface area contributed by atoms with Crippen molar-refractivity contribution in [2.75, 3.05) is 13.2 Å². The Bertz CT molecular complexity index is 855. The van der Waals surface area contributed by atoms with Crippen molar-refractivity contribution in [3.8, 4) is 0 Å². The summed E-state index contributed by atoms with van der Waals surface area (Å²) in [5.74, 6) is -0.995. The van der Waals surface area contributed by atoms with Gasteiger partial charge in [-0.05, 0) is 52.7 Å². The minimum absolute atomic E-state index is 0.00111. The minimum atomic E-state index is -4.02. The Morgan fingerprint density at radius 1 is 1.03 bits per heavy atom. The minimum Gasteiger partial charge on any atom is -0.466 e. The first-order valence-electron chi connectivity index (χ1n) is 9.25. The van der Waals surface area contributed by atoms with E-state index in [0.717, 1.165) is 5.56 Å². The topological polar surface area (TPSA) is 108 Å². The largest absolute Gasteiger partial charge is 0.466 e. The van der Waals surface area contributed by atoms with E-state index in [4.69, 9.17) is 13.8 Å². The molecule has 0 aromatic heterocycles. The maximum atomic E-state index is 12.2. The van der Waals surface area contributed by atoms with Crippen LogP contribution in [0.3, 0.4) is 0 Å². The van der Waals surface area contributed by atoms with Gasteiger partial charge in [0.15, 0.2) is 0 Å². The smallest absolute Gasteiger partial charge is 0.358 e. The molecule has 0 fully saturated rings. The third kappa shape index (κ3) is 8.91. The molecule has 0 bridgehead atoms. The van der Waals surface area contributed by atoms with E-state index in [2.05, 4.69) is 5.16 Å². The molecule has 9 heteroatoms. The molecule has 160 valence electrons. The number of rotatable bonds is 11. The van der Waals surface area contributed by atoms with Gasteiger partial charge in [0, 0.05) is 5.57 Å². The van der Waals surface area contributed by atoms with Crippen LogP contribution in [0.15, 0.2) is 46.0 Å². The Morgan fingerprint density at radius 2 is 1.66 bits per heavy atom. The van der Waals surface area contributed by atoms with Gasteiger partial charge in [0.05, 0.1) is 25.3 Å². The molecule has 0 spiro atoms. The summed E-state index contributed by atoms with van der Waals surface area (Å²) in [7, 11) is -4.02. The SMILES string of the molecule is CCOC(=O)C/C=C(/CC/C(C)=N/OS(=O)(=O)c1ccc(C)cc1)C(=O)OCC. The van der Waals surface area contributed by atoms with E-state index >= 15 is 0 Å².